The number of rotatable bonds is 1. The fraction of sp³-hybridized carbons (Fsp3) is 0.889. The molecule has 13 heavy (non-hydrogen) atoms. The molecule has 2 aliphatic rings. The molecule has 3 atom stereocenters. The van der Waals surface area contributed by atoms with Crippen LogP contribution in [0.15, 0.2) is 0 Å². The first-order chi connectivity index (χ1) is 5.68. The van der Waals surface area contributed by atoms with Gasteiger partial charge in [0.25, 0.3) is 0 Å². The van der Waals surface area contributed by atoms with Gasteiger partial charge in [-0.05, 0) is 32.7 Å². The van der Waals surface area contributed by atoms with E-state index in [1.165, 1.54) is 25.7 Å². The number of halogens is 1. The predicted molar refractivity (Wildman–Crippen MR) is 61.3 cm³/mol. The molecule has 0 saturated carbocycles. The van der Waals surface area contributed by atoms with Gasteiger partial charge in [0.15, 0.2) is 0 Å². The molecule has 0 radical (unpaired) electrons. The summed E-state index contributed by atoms with van der Waals surface area (Å²) in [5.41, 5.74) is 5.68. The Bertz CT molecular complexity index is 196. The average Bonchev–Trinajstić information content (AvgIpc) is 2.30. The summed E-state index contributed by atoms with van der Waals surface area (Å²) in [5, 5.41) is 0. The third kappa shape index (κ3) is 1.97. The summed E-state index contributed by atoms with van der Waals surface area (Å²) in [6.45, 7) is 0. The normalized spacial score (nSPS) is 38.4. The van der Waals surface area contributed by atoms with E-state index in [2.05, 4.69) is 11.9 Å². The molecule has 0 aromatic carbocycles. The van der Waals surface area contributed by atoms with E-state index >= 15 is 0 Å². The zero-order chi connectivity index (χ0) is 8.72. The molecule has 2 heterocycles. The maximum absolute atomic E-state index is 5.68. The first-order valence-electron chi connectivity index (χ1n) is 4.69. The van der Waals surface area contributed by atoms with E-state index in [0.717, 1.165) is 17.1 Å². The van der Waals surface area contributed by atoms with Gasteiger partial charge in [0.05, 0.1) is 4.99 Å². The Kier molecular flexibility index (Phi) is 3.55. The van der Waals surface area contributed by atoms with E-state index in [0.29, 0.717) is 5.92 Å². The molecule has 2 fully saturated rings. The van der Waals surface area contributed by atoms with Crippen molar-refractivity contribution in [2.45, 2.75) is 37.8 Å². The van der Waals surface area contributed by atoms with Crippen molar-refractivity contribution in [3.63, 3.8) is 0 Å². The van der Waals surface area contributed by atoms with Crippen molar-refractivity contribution in [1.29, 1.82) is 0 Å². The second-order valence-corrected chi connectivity index (χ2v) is 4.59. The second kappa shape index (κ2) is 4.11. The van der Waals surface area contributed by atoms with E-state index in [1.807, 2.05) is 0 Å². The topological polar surface area (TPSA) is 29.3 Å². The van der Waals surface area contributed by atoms with Crippen molar-refractivity contribution in [1.82, 2.24) is 4.90 Å². The van der Waals surface area contributed by atoms with Crippen molar-refractivity contribution in [2.75, 3.05) is 7.05 Å². The number of hydrogen-bond donors (Lipinski definition) is 1. The summed E-state index contributed by atoms with van der Waals surface area (Å²) in [6.07, 6.45) is 5.09. The minimum absolute atomic E-state index is 0. The van der Waals surface area contributed by atoms with Gasteiger partial charge >= 0.3 is 0 Å². The molecule has 4 heteroatoms. The zero-order valence-electron chi connectivity index (χ0n) is 7.90. The lowest BCUT2D eigenvalue weighted by atomic mass is 9.91. The fourth-order valence-electron chi connectivity index (χ4n) is 2.64. The summed E-state index contributed by atoms with van der Waals surface area (Å²) >= 11 is 5.05. The molecule has 0 aliphatic carbocycles. The van der Waals surface area contributed by atoms with Crippen LogP contribution >= 0.6 is 24.6 Å². The number of nitrogens with zero attached hydrogens (tertiary/aromatic N) is 1. The molecule has 2 saturated heterocycles. The van der Waals surface area contributed by atoms with Crippen LogP contribution in [0.2, 0.25) is 0 Å². The van der Waals surface area contributed by atoms with Crippen molar-refractivity contribution < 1.29 is 0 Å². The number of hydrogen-bond acceptors (Lipinski definition) is 2. The van der Waals surface area contributed by atoms with Crippen LogP contribution in [0.25, 0.3) is 0 Å². The van der Waals surface area contributed by atoms with Gasteiger partial charge in [0.1, 0.15) is 0 Å². The standard InChI is InChI=1S/C9H16N2S.ClH/c1-11-7-2-3-8(11)5-6(4-7)9(10)12;/h6-8H,2-5H2,1H3,(H2,10,12);1H/t6-,7-,8+;. The van der Waals surface area contributed by atoms with E-state index < -0.39 is 0 Å². The van der Waals surface area contributed by atoms with Crippen LogP contribution in [0, 0.1) is 5.92 Å². The Morgan fingerprint density at radius 2 is 1.77 bits per heavy atom. The highest BCUT2D eigenvalue weighted by molar-refractivity contribution is 7.80. The minimum atomic E-state index is 0. The Morgan fingerprint density at radius 3 is 2.15 bits per heavy atom. The van der Waals surface area contributed by atoms with Crippen molar-refractivity contribution in [3.05, 3.63) is 0 Å². The molecule has 2 aliphatic heterocycles. The Balaban J connectivity index is 0.000000845. The summed E-state index contributed by atoms with van der Waals surface area (Å²) in [7, 11) is 2.23. The first-order valence-corrected chi connectivity index (χ1v) is 5.10. The van der Waals surface area contributed by atoms with Crippen molar-refractivity contribution >= 4 is 29.6 Å². The predicted octanol–water partition coefficient (Wildman–Crippen LogP) is 1.57. The summed E-state index contributed by atoms with van der Waals surface area (Å²) < 4.78 is 0. The Morgan fingerprint density at radius 1 is 1.31 bits per heavy atom. The van der Waals surface area contributed by atoms with Gasteiger partial charge in [-0.15, -0.1) is 12.4 Å². The van der Waals surface area contributed by atoms with Crippen LogP contribution in [0.3, 0.4) is 0 Å². The van der Waals surface area contributed by atoms with Crippen LogP contribution in [-0.4, -0.2) is 29.0 Å². The molecule has 2 rings (SSSR count). The van der Waals surface area contributed by atoms with Crippen LogP contribution in [0.5, 0.6) is 0 Å². The van der Waals surface area contributed by atoms with Crippen LogP contribution in [0.1, 0.15) is 25.7 Å². The third-order valence-electron chi connectivity index (χ3n) is 3.50. The molecule has 0 aromatic heterocycles. The molecule has 0 unspecified atom stereocenters. The van der Waals surface area contributed by atoms with Gasteiger partial charge in [0, 0.05) is 18.0 Å². The van der Waals surface area contributed by atoms with Crippen molar-refractivity contribution in [2.24, 2.45) is 11.7 Å². The highest BCUT2D eigenvalue weighted by atomic mass is 35.5. The number of thiocarbonyl (C=S) groups is 1. The summed E-state index contributed by atoms with van der Waals surface area (Å²) in [5.74, 6) is 0.522. The molecule has 0 amide bonds. The highest BCUT2D eigenvalue weighted by Crippen LogP contribution is 2.37. The maximum atomic E-state index is 5.68. The van der Waals surface area contributed by atoms with Crippen LogP contribution < -0.4 is 5.73 Å². The molecule has 2 bridgehead atoms. The zero-order valence-corrected chi connectivity index (χ0v) is 9.53. The first kappa shape index (κ1) is 11.2. The smallest absolute Gasteiger partial charge is 0.0759 e. The van der Waals surface area contributed by atoms with Gasteiger partial charge in [-0.1, -0.05) is 12.2 Å². The SMILES string of the molecule is CN1[C@@H]2CC[C@H]1C[C@H](C(N)=S)C2.Cl. The quantitative estimate of drug-likeness (QED) is 0.681. The molecule has 76 valence electrons. The lowest BCUT2D eigenvalue weighted by Gasteiger charge is -2.35. The third-order valence-corrected chi connectivity index (χ3v) is 3.83. The molecule has 2 nitrogen and oxygen atoms in total. The average molecular weight is 221 g/mol. The number of nitrogens with two attached hydrogens (primary N) is 1. The fourth-order valence-corrected chi connectivity index (χ4v) is 2.84. The molecule has 2 N–H and O–H groups in total. The van der Waals surface area contributed by atoms with E-state index in [-0.39, 0.29) is 12.4 Å². The van der Waals surface area contributed by atoms with Gasteiger partial charge < -0.3 is 10.6 Å². The minimum Gasteiger partial charge on any atom is -0.393 e. The second-order valence-electron chi connectivity index (χ2n) is 4.12. The van der Waals surface area contributed by atoms with Gasteiger partial charge in [-0.3, -0.25) is 0 Å². The monoisotopic (exact) mass is 220 g/mol. The van der Waals surface area contributed by atoms with Crippen LogP contribution in [-0.2, 0) is 0 Å². The Labute approximate surface area is 91.3 Å². The molecular formula is C9H17ClN2S. The van der Waals surface area contributed by atoms with Gasteiger partial charge in [-0.25, -0.2) is 0 Å². The summed E-state index contributed by atoms with van der Waals surface area (Å²) in [6, 6.07) is 1.52. The van der Waals surface area contributed by atoms with Crippen molar-refractivity contribution in [3.8, 4) is 0 Å². The van der Waals surface area contributed by atoms with E-state index in [4.69, 9.17) is 18.0 Å². The maximum Gasteiger partial charge on any atom is 0.0759 e. The molecule has 0 aromatic rings. The lowest BCUT2D eigenvalue weighted by Crippen LogP contribution is -2.43. The molecular weight excluding hydrogens is 204 g/mol. The Hall–Kier alpha value is 0.140. The van der Waals surface area contributed by atoms with E-state index in [1.54, 1.807) is 0 Å². The van der Waals surface area contributed by atoms with Gasteiger partial charge in [-0.2, -0.15) is 0 Å². The molecule has 0 spiro atoms. The van der Waals surface area contributed by atoms with E-state index in [9.17, 15) is 0 Å². The van der Waals surface area contributed by atoms with Gasteiger partial charge in [0.2, 0.25) is 0 Å². The van der Waals surface area contributed by atoms with Crippen LogP contribution in [0.4, 0.5) is 0 Å². The summed E-state index contributed by atoms with van der Waals surface area (Å²) in [4.78, 5) is 3.24. The largest absolute Gasteiger partial charge is 0.393 e. The number of fused-ring (bicyclic) bond motifs is 2. The number of piperidine rings is 1. The lowest BCUT2D eigenvalue weighted by molar-refractivity contribution is 0.159. The highest BCUT2D eigenvalue weighted by Gasteiger charge is 2.38.